The van der Waals surface area contributed by atoms with Gasteiger partial charge in [-0.15, -0.1) is 0 Å². The Morgan fingerprint density at radius 1 is 1.04 bits per heavy atom. The Kier molecular flexibility index (Phi) is 4.22. The van der Waals surface area contributed by atoms with Crippen LogP contribution in [0.1, 0.15) is 15.9 Å². The lowest BCUT2D eigenvalue weighted by Crippen LogP contribution is -2.14. The first-order valence-corrected chi connectivity index (χ1v) is 8.03. The molecule has 0 spiro atoms. The SMILES string of the molecule is O=C(Nc1ncccn1)c1cnn2ccc(-c3ccccc3C(F)(F)F)nc12. The normalized spacial score (nSPS) is 11.5. The van der Waals surface area contributed by atoms with Crippen LogP contribution in [0.4, 0.5) is 19.1 Å². The number of carbonyl (C=O) groups is 1. The number of rotatable bonds is 3. The number of aromatic nitrogens is 5. The fourth-order valence-corrected chi connectivity index (χ4v) is 2.67. The number of benzene rings is 1. The van der Waals surface area contributed by atoms with Crippen molar-refractivity contribution in [3.05, 3.63) is 72.3 Å². The summed E-state index contributed by atoms with van der Waals surface area (Å²) in [7, 11) is 0. The monoisotopic (exact) mass is 384 g/mol. The molecule has 4 rings (SSSR count). The average Bonchev–Trinajstić information content (AvgIpc) is 3.11. The van der Waals surface area contributed by atoms with E-state index < -0.39 is 17.6 Å². The van der Waals surface area contributed by atoms with Crippen molar-refractivity contribution in [2.45, 2.75) is 6.18 Å². The number of fused-ring (bicyclic) bond motifs is 1. The number of alkyl halides is 3. The number of nitrogens with zero attached hydrogens (tertiary/aromatic N) is 5. The van der Waals surface area contributed by atoms with Crippen LogP contribution in [0.5, 0.6) is 0 Å². The summed E-state index contributed by atoms with van der Waals surface area (Å²) in [4.78, 5) is 24.5. The largest absolute Gasteiger partial charge is 0.417 e. The zero-order valence-electron chi connectivity index (χ0n) is 14.1. The minimum Gasteiger partial charge on any atom is -0.290 e. The third-order valence-electron chi connectivity index (χ3n) is 3.91. The lowest BCUT2D eigenvalue weighted by atomic mass is 10.0. The third kappa shape index (κ3) is 3.27. The van der Waals surface area contributed by atoms with Crippen LogP contribution < -0.4 is 5.32 Å². The van der Waals surface area contributed by atoms with Crippen molar-refractivity contribution >= 4 is 17.5 Å². The highest BCUT2D eigenvalue weighted by Crippen LogP contribution is 2.36. The number of hydrogen-bond acceptors (Lipinski definition) is 5. The molecule has 7 nitrogen and oxygen atoms in total. The topological polar surface area (TPSA) is 85.1 Å². The number of nitrogens with one attached hydrogen (secondary N) is 1. The quantitative estimate of drug-likeness (QED) is 0.585. The van der Waals surface area contributed by atoms with Crippen molar-refractivity contribution in [1.29, 1.82) is 0 Å². The van der Waals surface area contributed by atoms with Crippen LogP contribution in [0, 0.1) is 0 Å². The van der Waals surface area contributed by atoms with Gasteiger partial charge < -0.3 is 0 Å². The van der Waals surface area contributed by atoms with Gasteiger partial charge in [0.25, 0.3) is 5.91 Å². The van der Waals surface area contributed by atoms with E-state index in [-0.39, 0.29) is 28.4 Å². The molecule has 28 heavy (non-hydrogen) atoms. The Morgan fingerprint density at radius 2 is 1.79 bits per heavy atom. The molecule has 1 N–H and O–H groups in total. The summed E-state index contributed by atoms with van der Waals surface area (Å²) in [5.74, 6) is -0.486. The molecule has 1 amide bonds. The van der Waals surface area contributed by atoms with Crippen molar-refractivity contribution in [2.24, 2.45) is 0 Å². The van der Waals surface area contributed by atoms with Gasteiger partial charge in [-0.05, 0) is 18.2 Å². The maximum atomic E-state index is 13.3. The van der Waals surface area contributed by atoms with Gasteiger partial charge in [-0.3, -0.25) is 10.1 Å². The number of hydrogen-bond donors (Lipinski definition) is 1. The first-order chi connectivity index (χ1) is 13.4. The Hall–Kier alpha value is -3.82. The van der Waals surface area contributed by atoms with E-state index in [1.54, 1.807) is 6.07 Å². The van der Waals surface area contributed by atoms with E-state index in [0.717, 1.165) is 6.07 Å². The molecule has 140 valence electrons. The van der Waals surface area contributed by atoms with Crippen LogP contribution in [0.15, 0.2) is 61.2 Å². The first-order valence-electron chi connectivity index (χ1n) is 8.03. The number of carbonyl (C=O) groups excluding carboxylic acids is 1. The van der Waals surface area contributed by atoms with Crippen molar-refractivity contribution in [2.75, 3.05) is 5.32 Å². The lowest BCUT2D eigenvalue weighted by molar-refractivity contribution is -0.137. The van der Waals surface area contributed by atoms with E-state index in [1.807, 2.05) is 0 Å². The van der Waals surface area contributed by atoms with Gasteiger partial charge in [-0.2, -0.15) is 18.3 Å². The zero-order valence-corrected chi connectivity index (χ0v) is 14.1. The smallest absolute Gasteiger partial charge is 0.290 e. The van der Waals surface area contributed by atoms with Crippen molar-refractivity contribution in [3.8, 4) is 11.3 Å². The second kappa shape index (κ2) is 6.72. The zero-order chi connectivity index (χ0) is 19.7. The Balaban J connectivity index is 1.77. The van der Waals surface area contributed by atoms with Crippen LogP contribution >= 0.6 is 0 Å². The van der Waals surface area contributed by atoms with Gasteiger partial charge in [0, 0.05) is 24.2 Å². The maximum absolute atomic E-state index is 13.3. The fraction of sp³-hybridized carbons (Fsp3) is 0.0556. The van der Waals surface area contributed by atoms with Gasteiger partial charge in [-0.1, -0.05) is 18.2 Å². The van der Waals surface area contributed by atoms with Gasteiger partial charge >= 0.3 is 6.18 Å². The molecule has 0 radical (unpaired) electrons. The molecule has 0 aliphatic carbocycles. The van der Waals surface area contributed by atoms with E-state index in [2.05, 4.69) is 25.4 Å². The standard InChI is InChI=1S/C18H11F3N6O/c19-18(20,21)13-5-2-1-4-11(13)14-6-9-27-15(25-14)12(10-24-27)16(28)26-17-22-7-3-8-23-17/h1-10H,(H,22,23,26,28). The average molecular weight is 384 g/mol. The van der Waals surface area contributed by atoms with E-state index in [4.69, 9.17) is 0 Å². The predicted molar refractivity (Wildman–Crippen MR) is 93.4 cm³/mol. The van der Waals surface area contributed by atoms with Crippen LogP contribution in [0.25, 0.3) is 16.9 Å². The molecule has 1 aromatic carbocycles. The summed E-state index contributed by atoms with van der Waals surface area (Å²) in [5.41, 5.74) is -0.626. The van der Waals surface area contributed by atoms with Crippen molar-refractivity contribution < 1.29 is 18.0 Å². The predicted octanol–water partition coefficient (Wildman–Crippen LogP) is 3.46. The van der Waals surface area contributed by atoms with Crippen LogP contribution in [-0.2, 0) is 6.18 Å². The molecule has 0 atom stereocenters. The number of anilines is 1. The van der Waals surface area contributed by atoms with Crippen LogP contribution in [0.2, 0.25) is 0 Å². The lowest BCUT2D eigenvalue weighted by Gasteiger charge is -2.12. The minimum absolute atomic E-state index is 0.0749. The van der Waals surface area contributed by atoms with Gasteiger partial charge in [-0.25, -0.2) is 19.5 Å². The minimum atomic E-state index is -4.53. The van der Waals surface area contributed by atoms with Crippen LogP contribution in [-0.4, -0.2) is 30.5 Å². The number of amides is 1. The third-order valence-corrected chi connectivity index (χ3v) is 3.91. The molecule has 0 saturated carbocycles. The van der Waals surface area contributed by atoms with E-state index in [0.29, 0.717) is 0 Å². The first kappa shape index (κ1) is 17.6. The molecule has 0 fully saturated rings. The molecule has 0 aliphatic rings. The van der Waals surface area contributed by atoms with Gasteiger partial charge in [0.1, 0.15) is 5.56 Å². The molecule has 0 saturated heterocycles. The second-order valence-electron chi connectivity index (χ2n) is 5.71. The Labute approximate surface area is 155 Å². The molecule has 0 aliphatic heterocycles. The highest BCUT2D eigenvalue weighted by molar-refractivity contribution is 6.07. The molecule has 10 heteroatoms. The van der Waals surface area contributed by atoms with Crippen LogP contribution in [0.3, 0.4) is 0 Å². The Bertz CT molecular complexity index is 1160. The van der Waals surface area contributed by atoms with Crippen molar-refractivity contribution in [1.82, 2.24) is 24.6 Å². The second-order valence-corrected chi connectivity index (χ2v) is 5.71. The van der Waals surface area contributed by atoms with E-state index in [1.165, 1.54) is 53.6 Å². The summed E-state index contributed by atoms with van der Waals surface area (Å²) >= 11 is 0. The molecule has 4 aromatic rings. The summed E-state index contributed by atoms with van der Waals surface area (Å²) in [6.45, 7) is 0. The fourth-order valence-electron chi connectivity index (χ4n) is 2.67. The molecule has 3 heterocycles. The molecular formula is C18H11F3N6O. The van der Waals surface area contributed by atoms with Crippen molar-refractivity contribution in [3.63, 3.8) is 0 Å². The number of halogens is 3. The van der Waals surface area contributed by atoms with Gasteiger partial charge in [0.2, 0.25) is 5.95 Å². The molecular weight excluding hydrogens is 373 g/mol. The highest BCUT2D eigenvalue weighted by Gasteiger charge is 2.33. The summed E-state index contributed by atoms with van der Waals surface area (Å²) in [5, 5.41) is 6.51. The molecule has 0 bridgehead atoms. The molecule has 3 aromatic heterocycles. The summed E-state index contributed by atoms with van der Waals surface area (Å²) in [6.07, 6.45) is 1.11. The highest BCUT2D eigenvalue weighted by atomic mass is 19.4. The van der Waals surface area contributed by atoms with E-state index >= 15 is 0 Å². The van der Waals surface area contributed by atoms with E-state index in [9.17, 15) is 18.0 Å². The summed E-state index contributed by atoms with van der Waals surface area (Å²) in [6, 6.07) is 8.12. The summed E-state index contributed by atoms with van der Waals surface area (Å²) < 4.78 is 41.2. The molecule has 0 unspecified atom stereocenters. The maximum Gasteiger partial charge on any atom is 0.417 e. The van der Waals surface area contributed by atoms with Gasteiger partial charge in [0.05, 0.1) is 17.5 Å². The Morgan fingerprint density at radius 3 is 2.54 bits per heavy atom. The van der Waals surface area contributed by atoms with Gasteiger partial charge in [0.15, 0.2) is 5.65 Å².